The van der Waals surface area contributed by atoms with Crippen LogP contribution in [0.1, 0.15) is 41.1 Å². The third-order valence-corrected chi connectivity index (χ3v) is 6.84. The van der Waals surface area contributed by atoms with Gasteiger partial charge in [-0.05, 0) is 49.8 Å². The highest BCUT2D eigenvalue weighted by molar-refractivity contribution is 7.93. The first-order chi connectivity index (χ1) is 10.9. The number of anilines is 1. The molecule has 3 rings (SSSR count). The van der Waals surface area contributed by atoms with Gasteiger partial charge in [0, 0.05) is 4.88 Å². The lowest BCUT2D eigenvalue weighted by molar-refractivity contribution is 0.101. The van der Waals surface area contributed by atoms with Crippen molar-refractivity contribution in [2.45, 2.75) is 38.0 Å². The Hall–Kier alpha value is -1.66. The summed E-state index contributed by atoms with van der Waals surface area (Å²) in [5.41, 5.74) is 1.59. The second-order valence-electron chi connectivity index (χ2n) is 6.03. The zero-order valence-corrected chi connectivity index (χ0v) is 14.8. The highest BCUT2D eigenvalue weighted by Gasteiger charge is 2.28. The Kier molecular flexibility index (Phi) is 4.29. The molecule has 4 nitrogen and oxygen atoms in total. The molecule has 0 saturated heterocycles. The van der Waals surface area contributed by atoms with Crippen LogP contribution in [0.15, 0.2) is 35.2 Å². The second kappa shape index (κ2) is 6.09. The Morgan fingerprint density at radius 3 is 2.61 bits per heavy atom. The van der Waals surface area contributed by atoms with Crippen LogP contribution in [-0.2, 0) is 22.9 Å². The van der Waals surface area contributed by atoms with Gasteiger partial charge in [0.1, 0.15) is 5.00 Å². The molecule has 0 spiro atoms. The quantitative estimate of drug-likeness (QED) is 0.852. The summed E-state index contributed by atoms with van der Waals surface area (Å²) in [5.74, 6) is 0.441. The van der Waals surface area contributed by atoms with Crippen molar-refractivity contribution >= 4 is 32.1 Å². The summed E-state index contributed by atoms with van der Waals surface area (Å²) in [6.45, 7) is 3.67. The summed E-state index contributed by atoms with van der Waals surface area (Å²) in [6.07, 6.45) is 2.83. The lowest BCUT2D eigenvalue weighted by atomic mass is 9.87. The van der Waals surface area contributed by atoms with Crippen LogP contribution in [0.4, 0.5) is 5.00 Å². The maximum atomic E-state index is 12.5. The number of aryl methyl sites for hydroxylation is 1. The van der Waals surface area contributed by atoms with Gasteiger partial charge in [0.25, 0.3) is 10.0 Å². The Bertz CT molecular complexity index is 838. The van der Waals surface area contributed by atoms with Crippen LogP contribution >= 0.6 is 11.3 Å². The number of carbonyl (C=O) groups is 1. The highest BCUT2D eigenvalue weighted by Crippen LogP contribution is 2.40. The summed E-state index contributed by atoms with van der Waals surface area (Å²) in [4.78, 5) is 13.4. The first kappa shape index (κ1) is 16.2. The number of nitrogens with one attached hydrogen (secondary N) is 1. The van der Waals surface area contributed by atoms with E-state index in [1.165, 1.54) is 18.3 Å². The number of hydrogen-bond donors (Lipinski definition) is 1. The first-order valence-corrected chi connectivity index (χ1v) is 9.92. The number of sulfonamides is 1. The van der Waals surface area contributed by atoms with E-state index < -0.39 is 10.0 Å². The Morgan fingerprint density at radius 2 is 1.96 bits per heavy atom. The van der Waals surface area contributed by atoms with Gasteiger partial charge < -0.3 is 0 Å². The molecule has 23 heavy (non-hydrogen) atoms. The van der Waals surface area contributed by atoms with Crippen molar-refractivity contribution in [2.75, 3.05) is 4.72 Å². The van der Waals surface area contributed by atoms with E-state index >= 15 is 0 Å². The number of thiophene rings is 1. The zero-order chi connectivity index (χ0) is 16.6. The van der Waals surface area contributed by atoms with Crippen molar-refractivity contribution < 1.29 is 13.2 Å². The fourth-order valence-corrected chi connectivity index (χ4v) is 5.60. The molecule has 1 aliphatic rings. The van der Waals surface area contributed by atoms with Gasteiger partial charge in [-0.1, -0.05) is 25.1 Å². The molecule has 1 unspecified atom stereocenters. The molecule has 2 aromatic rings. The number of hydrogen-bond acceptors (Lipinski definition) is 4. The van der Waals surface area contributed by atoms with E-state index in [9.17, 15) is 13.2 Å². The predicted octanol–water partition coefficient (Wildman–Crippen LogP) is 3.88. The largest absolute Gasteiger partial charge is 0.294 e. The minimum atomic E-state index is -3.67. The molecule has 1 aromatic carbocycles. The van der Waals surface area contributed by atoms with Crippen molar-refractivity contribution in [3.8, 4) is 0 Å². The summed E-state index contributed by atoms with van der Waals surface area (Å²) < 4.78 is 27.7. The molecular formula is C17H19NO3S2. The molecule has 0 bridgehead atoms. The molecule has 0 saturated carbocycles. The van der Waals surface area contributed by atoms with Crippen LogP contribution < -0.4 is 4.72 Å². The number of ketones is 1. The smallest absolute Gasteiger partial charge is 0.262 e. The van der Waals surface area contributed by atoms with E-state index in [1.54, 1.807) is 30.3 Å². The van der Waals surface area contributed by atoms with Gasteiger partial charge in [-0.3, -0.25) is 9.52 Å². The van der Waals surface area contributed by atoms with Gasteiger partial charge >= 0.3 is 0 Å². The van der Waals surface area contributed by atoms with Gasteiger partial charge in [-0.15, -0.1) is 11.3 Å². The Morgan fingerprint density at radius 1 is 1.26 bits per heavy atom. The fourth-order valence-electron chi connectivity index (χ4n) is 2.98. The molecule has 6 heteroatoms. The number of Topliss-reactive ketones (excluding diaryl/α,β-unsaturated/α-hetero) is 1. The Balaban J connectivity index is 2.02. The van der Waals surface area contributed by atoms with Crippen molar-refractivity contribution in [2.24, 2.45) is 5.92 Å². The number of fused-ring (bicyclic) bond motifs is 1. The van der Waals surface area contributed by atoms with Crippen molar-refractivity contribution in [3.05, 3.63) is 46.3 Å². The number of carbonyl (C=O) groups excluding carboxylic acids is 1. The number of rotatable bonds is 4. The van der Waals surface area contributed by atoms with Crippen LogP contribution in [0.2, 0.25) is 0 Å². The van der Waals surface area contributed by atoms with Crippen molar-refractivity contribution in [3.63, 3.8) is 0 Å². The first-order valence-electron chi connectivity index (χ1n) is 7.62. The van der Waals surface area contributed by atoms with Crippen LogP contribution in [0.25, 0.3) is 0 Å². The molecule has 1 N–H and O–H groups in total. The lowest BCUT2D eigenvalue weighted by Crippen LogP contribution is -2.15. The normalized spacial score (nSPS) is 17.6. The molecule has 0 radical (unpaired) electrons. The molecule has 1 atom stereocenters. The highest BCUT2D eigenvalue weighted by atomic mass is 32.2. The summed E-state index contributed by atoms with van der Waals surface area (Å²) >= 11 is 1.40. The van der Waals surface area contributed by atoms with E-state index in [0.717, 1.165) is 29.7 Å². The lowest BCUT2D eigenvalue weighted by Gasteiger charge is -2.18. The SMILES string of the molecule is CC(=O)c1c(NS(=O)(=O)c2ccccc2)sc2c1CC(C)CC2. The topological polar surface area (TPSA) is 63.2 Å². The maximum Gasteiger partial charge on any atom is 0.262 e. The van der Waals surface area contributed by atoms with Crippen LogP contribution in [0, 0.1) is 5.92 Å². The summed E-state index contributed by atoms with van der Waals surface area (Å²) in [7, 11) is -3.67. The van der Waals surface area contributed by atoms with Gasteiger partial charge in [0.15, 0.2) is 5.78 Å². The second-order valence-corrected chi connectivity index (χ2v) is 8.82. The van der Waals surface area contributed by atoms with E-state index in [0.29, 0.717) is 16.5 Å². The average Bonchev–Trinajstić information content (AvgIpc) is 2.84. The van der Waals surface area contributed by atoms with E-state index in [2.05, 4.69) is 11.6 Å². The molecule has 0 amide bonds. The number of benzene rings is 1. The zero-order valence-electron chi connectivity index (χ0n) is 13.1. The molecule has 0 fully saturated rings. The predicted molar refractivity (Wildman–Crippen MR) is 92.8 cm³/mol. The molecule has 0 aliphatic heterocycles. The van der Waals surface area contributed by atoms with Crippen LogP contribution in [-0.4, -0.2) is 14.2 Å². The minimum Gasteiger partial charge on any atom is -0.294 e. The van der Waals surface area contributed by atoms with Gasteiger partial charge in [-0.25, -0.2) is 8.42 Å². The Labute approximate surface area is 140 Å². The van der Waals surface area contributed by atoms with Gasteiger partial charge in [0.2, 0.25) is 0 Å². The van der Waals surface area contributed by atoms with Crippen LogP contribution in [0.3, 0.4) is 0 Å². The summed E-state index contributed by atoms with van der Waals surface area (Å²) in [5, 5.41) is 0.459. The van der Waals surface area contributed by atoms with Gasteiger partial charge in [0.05, 0.1) is 10.5 Å². The molecule has 122 valence electrons. The third kappa shape index (κ3) is 3.19. The molecule has 1 aromatic heterocycles. The van der Waals surface area contributed by atoms with E-state index in [1.807, 2.05) is 0 Å². The van der Waals surface area contributed by atoms with E-state index in [-0.39, 0.29) is 10.7 Å². The van der Waals surface area contributed by atoms with Crippen molar-refractivity contribution in [1.82, 2.24) is 0 Å². The molecular weight excluding hydrogens is 330 g/mol. The monoisotopic (exact) mass is 349 g/mol. The summed E-state index contributed by atoms with van der Waals surface area (Å²) in [6, 6.07) is 8.23. The van der Waals surface area contributed by atoms with Crippen LogP contribution in [0.5, 0.6) is 0 Å². The molecule has 1 aliphatic carbocycles. The fraction of sp³-hybridized carbons (Fsp3) is 0.353. The maximum absolute atomic E-state index is 12.5. The average molecular weight is 349 g/mol. The standard InChI is InChI=1S/C17H19NO3S2/c1-11-8-9-15-14(10-11)16(12(2)19)17(22-15)18-23(20,21)13-6-4-3-5-7-13/h3-7,11,18H,8-10H2,1-2H3. The molecule has 1 heterocycles. The third-order valence-electron chi connectivity index (χ3n) is 4.14. The minimum absolute atomic E-state index is 0.0811. The van der Waals surface area contributed by atoms with Gasteiger partial charge in [-0.2, -0.15) is 0 Å². The van der Waals surface area contributed by atoms with E-state index in [4.69, 9.17) is 0 Å². The van der Waals surface area contributed by atoms with Crippen molar-refractivity contribution in [1.29, 1.82) is 0 Å².